The second-order valence-corrected chi connectivity index (χ2v) is 17.3. The van der Waals surface area contributed by atoms with Crippen molar-refractivity contribution in [3.05, 3.63) is 81.8 Å². The van der Waals surface area contributed by atoms with E-state index in [4.69, 9.17) is 5.10 Å². The fourth-order valence-electron chi connectivity index (χ4n) is 10.0. The Bertz CT molecular complexity index is 2580. The average molecular weight is 875 g/mol. The zero-order valence-corrected chi connectivity index (χ0v) is 36.2. The maximum atomic E-state index is 14.7. The van der Waals surface area contributed by atoms with E-state index in [2.05, 4.69) is 37.2 Å². The number of urea groups is 1. The molecule has 2 aromatic carbocycles. The van der Waals surface area contributed by atoms with Gasteiger partial charge in [-0.15, -0.1) is 0 Å². The van der Waals surface area contributed by atoms with Crippen LogP contribution in [-0.2, 0) is 47.4 Å². The quantitative estimate of drug-likeness (QED) is 0.126. The van der Waals surface area contributed by atoms with Gasteiger partial charge in [0.2, 0.25) is 17.7 Å². The molecule has 5 aliphatic heterocycles. The van der Waals surface area contributed by atoms with Gasteiger partial charge in [0.05, 0.1) is 18.8 Å². The Kier molecular flexibility index (Phi) is 11.9. The summed E-state index contributed by atoms with van der Waals surface area (Å²) in [4.78, 5) is 70.9. The molecule has 17 heteroatoms. The number of carbonyl (C=O) groups excluding carboxylic acids is 5. The predicted octanol–water partition coefficient (Wildman–Crippen LogP) is 5.54. The largest absolute Gasteiger partial charge is 0.343 e. The van der Waals surface area contributed by atoms with Crippen LogP contribution in [0.2, 0.25) is 0 Å². The van der Waals surface area contributed by atoms with Gasteiger partial charge in [0, 0.05) is 118 Å². The molecule has 2 aromatic heterocycles. The summed E-state index contributed by atoms with van der Waals surface area (Å²) >= 11 is 0. The number of aromatic nitrogens is 4. The monoisotopic (exact) mass is 874 g/mol. The summed E-state index contributed by atoms with van der Waals surface area (Å²) in [5.41, 5.74) is 6.78. The topological polar surface area (TPSA) is 158 Å². The Morgan fingerprint density at radius 1 is 0.953 bits per heavy atom. The van der Waals surface area contributed by atoms with E-state index >= 15 is 0 Å². The highest BCUT2D eigenvalue weighted by Crippen LogP contribution is 2.44. The molecule has 0 spiro atoms. The fourth-order valence-corrected chi connectivity index (χ4v) is 10.0. The Balaban J connectivity index is 0.839. The van der Waals surface area contributed by atoms with Gasteiger partial charge in [-0.2, -0.15) is 10.2 Å². The first-order valence-electron chi connectivity index (χ1n) is 22.3. The number of fused-ring (bicyclic) bond motifs is 3. The van der Waals surface area contributed by atoms with E-state index in [1.807, 2.05) is 17.0 Å². The third-order valence-electron chi connectivity index (χ3n) is 13.4. The number of amides is 6. The van der Waals surface area contributed by atoms with Gasteiger partial charge < -0.3 is 24.9 Å². The molecule has 1 atom stereocenters. The van der Waals surface area contributed by atoms with E-state index in [1.54, 1.807) is 54.3 Å². The number of hydrogen-bond acceptors (Lipinski definition) is 8. The molecule has 15 nitrogen and oxygen atoms in total. The Morgan fingerprint density at radius 2 is 1.78 bits per heavy atom. The molecule has 9 rings (SSSR count). The van der Waals surface area contributed by atoms with Crippen LogP contribution in [0.15, 0.2) is 42.7 Å². The summed E-state index contributed by atoms with van der Waals surface area (Å²) in [6, 6.07) is 8.07. The summed E-state index contributed by atoms with van der Waals surface area (Å²) in [5, 5.41) is 14.6. The maximum Gasteiger partial charge on any atom is 0.317 e. The number of rotatable bonds is 9. The number of benzene rings is 2. The highest BCUT2D eigenvalue weighted by molar-refractivity contribution is 6.05. The van der Waals surface area contributed by atoms with Crippen LogP contribution in [-0.4, -0.2) is 103 Å². The molecule has 0 saturated carbocycles. The van der Waals surface area contributed by atoms with Crippen LogP contribution < -0.4 is 15.5 Å². The van der Waals surface area contributed by atoms with Gasteiger partial charge in [-0.3, -0.25) is 33.9 Å². The molecule has 0 bridgehead atoms. The number of nitrogens with one attached hydrogen (secondary N) is 2. The van der Waals surface area contributed by atoms with Crippen molar-refractivity contribution in [2.24, 2.45) is 7.05 Å². The number of aryl methyl sites for hydroxylation is 2. The van der Waals surface area contributed by atoms with Crippen molar-refractivity contribution in [2.75, 3.05) is 38.1 Å². The number of piperidine rings is 2. The summed E-state index contributed by atoms with van der Waals surface area (Å²) in [6.45, 7) is 2.92. The van der Waals surface area contributed by atoms with Crippen molar-refractivity contribution in [3.8, 4) is 23.0 Å². The third-order valence-corrected chi connectivity index (χ3v) is 13.4. The first kappa shape index (κ1) is 42.7. The molecule has 6 amide bonds. The van der Waals surface area contributed by atoms with Crippen LogP contribution in [0.1, 0.15) is 114 Å². The van der Waals surface area contributed by atoms with Crippen LogP contribution in [0.4, 0.5) is 25.1 Å². The molecule has 0 aliphatic carbocycles. The molecule has 334 valence electrons. The van der Waals surface area contributed by atoms with Crippen molar-refractivity contribution in [1.29, 1.82) is 0 Å². The minimum atomic E-state index is -2.70. The summed E-state index contributed by atoms with van der Waals surface area (Å²) in [6.07, 6.45) is 7.18. The number of unbranched alkanes of at least 4 members (excludes halogenated alkanes) is 2. The van der Waals surface area contributed by atoms with Crippen molar-refractivity contribution in [3.63, 3.8) is 0 Å². The number of alkyl halides is 2. The molecule has 7 heterocycles. The standard InChI is InChI=1S/C47H52F2N10O5/c1-50-47(64)56-22-18-38-37(27-56)44(57-19-8-11-30-23-34(31-25-51-54(2)26-31)35(43(48)49)24-40(30)57)53-59(38)32-16-20-55(21-17-32)42(61)13-6-4-3-5-9-29-10-7-12-33-36(29)28-58(46(33)63)39-14-15-41(60)52-45(39)62/h7,10,12,23-26,32,39,43H,3-4,6,8,11,13-22,27-28H2,1-2H3,(H,50,64)(H,52,60,62). The molecule has 5 aliphatic rings. The first-order chi connectivity index (χ1) is 31.0. The van der Waals surface area contributed by atoms with E-state index in [9.17, 15) is 32.8 Å². The predicted molar refractivity (Wildman–Crippen MR) is 232 cm³/mol. The Morgan fingerprint density at radius 3 is 2.53 bits per heavy atom. The molecule has 0 radical (unpaired) electrons. The molecule has 2 saturated heterocycles. The highest BCUT2D eigenvalue weighted by atomic mass is 19.3. The zero-order valence-electron chi connectivity index (χ0n) is 36.2. The summed E-state index contributed by atoms with van der Waals surface area (Å²) < 4.78 is 33.2. The molecule has 2 fully saturated rings. The number of imide groups is 1. The van der Waals surface area contributed by atoms with Crippen LogP contribution >= 0.6 is 0 Å². The third kappa shape index (κ3) is 8.21. The van der Waals surface area contributed by atoms with Crippen molar-refractivity contribution >= 4 is 41.2 Å². The zero-order chi connectivity index (χ0) is 44.6. The fraction of sp³-hybridized carbons (Fsp3) is 0.468. The van der Waals surface area contributed by atoms with Gasteiger partial charge in [0.15, 0.2) is 5.82 Å². The van der Waals surface area contributed by atoms with Crippen LogP contribution in [0.5, 0.6) is 0 Å². The summed E-state index contributed by atoms with van der Waals surface area (Å²) in [5.74, 6) is 6.22. The molecule has 1 unspecified atom stereocenters. The van der Waals surface area contributed by atoms with Crippen LogP contribution in [0, 0.1) is 11.8 Å². The van der Waals surface area contributed by atoms with Crippen LogP contribution in [0.3, 0.4) is 0 Å². The van der Waals surface area contributed by atoms with E-state index in [0.29, 0.717) is 93.0 Å². The minimum absolute atomic E-state index is 0.0352. The van der Waals surface area contributed by atoms with Gasteiger partial charge in [0.25, 0.3) is 12.3 Å². The van der Waals surface area contributed by atoms with Crippen molar-refractivity contribution in [2.45, 2.75) is 102 Å². The van der Waals surface area contributed by atoms with Gasteiger partial charge in [-0.25, -0.2) is 13.6 Å². The van der Waals surface area contributed by atoms with Crippen molar-refractivity contribution < 1.29 is 32.8 Å². The smallest absolute Gasteiger partial charge is 0.317 e. The lowest BCUT2D eigenvalue weighted by molar-refractivity contribution is -0.137. The van der Waals surface area contributed by atoms with Crippen LogP contribution in [0.25, 0.3) is 11.1 Å². The lowest BCUT2D eigenvalue weighted by Crippen LogP contribution is -2.52. The maximum absolute atomic E-state index is 14.7. The number of hydrogen-bond donors (Lipinski definition) is 2. The number of likely N-dealkylation sites (tertiary alicyclic amines) is 1. The van der Waals surface area contributed by atoms with Gasteiger partial charge in [0.1, 0.15) is 6.04 Å². The second kappa shape index (κ2) is 17.9. The molecule has 2 N–H and O–H groups in total. The number of halogens is 2. The number of carbonyl (C=O) groups is 5. The highest BCUT2D eigenvalue weighted by Gasteiger charge is 2.40. The first-order valence-corrected chi connectivity index (χ1v) is 22.3. The molecule has 64 heavy (non-hydrogen) atoms. The Labute approximate surface area is 370 Å². The minimum Gasteiger partial charge on any atom is -0.343 e. The van der Waals surface area contributed by atoms with Gasteiger partial charge in [-0.1, -0.05) is 17.9 Å². The lowest BCUT2D eigenvalue weighted by atomic mass is 9.92. The number of anilines is 2. The SMILES string of the molecule is CNC(=O)N1CCc2c(c(N3CCCc4cc(-c5cnn(C)c5)c(C(F)F)cc43)nn2C2CCN(C(=O)CCCCC#Cc3cccc4c3CN(C3CCC(=O)NC3=O)C4=O)CC2)C1. The second-order valence-electron chi connectivity index (χ2n) is 17.3. The average Bonchev–Trinajstić information content (AvgIpc) is 4.01. The number of nitrogens with zero attached hydrogens (tertiary/aromatic N) is 8. The molecular weight excluding hydrogens is 823 g/mol. The normalized spacial score (nSPS) is 18.7. The van der Waals surface area contributed by atoms with E-state index < -0.39 is 18.4 Å². The summed E-state index contributed by atoms with van der Waals surface area (Å²) in [7, 11) is 3.38. The molecular formula is C47H52F2N10O5. The van der Waals surface area contributed by atoms with Gasteiger partial charge in [-0.05, 0) is 85.9 Å². The van der Waals surface area contributed by atoms with E-state index in [0.717, 1.165) is 60.1 Å². The van der Waals surface area contributed by atoms with E-state index in [-0.39, 0.29) is 48.3 Å². The van der Waals surface area contributed by atoms with Crippen molar-refractivity contribution in [1.82, 2.24) is 44.9 Å². The van der Waals surface area contributed by atoms with Gasteiger partial charge >= 0.3 is 6.03 Å². The van der Waals surface area contributed by atoms with E-state index in [1.165, 1.54) is 4.90 Å². The molecule has 4 aromatic rings. The Hall–Kier alpha value is -6.57. The lowest BCUT2D eigenvalue weighted by Gasteiger charge is -2.34.